The molecule has 3 nitrogen and oxygen atoms in total. The summed E-state index contributed by atoms with van der Waals surface area (Å²) in [6, 6.07) is 0. The van der Waals surface area contributed by atoms with Crippen LogP contribution in [0.15, 0.2) is 0 Å². The van der Waals surface area contributed by atoms with Crippen molar-refractivity contribution in [3.8, 4) is 0 Å². The molecule has 1 unspecified atom stereocenters. The standard InChI is InChI=1S/C7H10O3S/c8-3-1-5-6-2-4-11(9,10)7(5)6/h3,5-7H,1-2,4H2/t5?,6-,7+/m1/s1. The first-order valence-corrected chi connectivity index (χ1v) is 5.53. The molecule has 0 spiro atoms. The van der Waals surface area contributed by atoms with Crippen LogP contribution in [0.2, 0.25) is 0 Å². The van der Waals surface area contributed by atoms with Crippen molar-refractivity contribution in [1.82, 2.24) is 0 Å². The summed E-state index contributed by atoms with van der Waals surface area (Å²) in [6.45, 7) is 0. The smallest absolute Gasteiger partial charge is 0.153 e. The molecule has 4 heteroatoms. The van der Waals surface area contributed by atoms with Gasteiger partial charge in [-0.05, 0) is 18.3 Å². The largest absolute Gasteiger partial charge is 0.303 e. The van der Waals surface area contributed by atoms with Crippen LogP contribution in [0.4, 0.5) is 0 Å². The maximum absolute atomic E-state index is 11.2. The second-order valence-electron chi connectivity index (χ2n) is 3.35. The highest BCUT2D eigenvalue weighted by atomic mass is 32.2. The Morgan fingerprint density at radius 3 is 2.64 bits per heavy atom. The molecule has 3 atom stereocenters. The number of fused-ring (bicyclic) bond motifs is 1. The summed E-state index contributed by atoms with van der Waals surface area (Å²) in [4.78, 5) is 10.1. The summed E-state index contributed by atoms with van der Waals surface area (Å²) < 4.78 is 22.3. The fraction of sp³-hybridized carbons (Fsp3) is 0.857. The number of aldehydes is 1. The van der Waals surface area contributed by atoms with Gasteiger partial charge in [-0.2, -0.15) is 0 Å². The van der Waals surface area contributed by atoms with Gasteiger partial charge in [0, 0.05) is 6.42 Å². The Labute approximate surface area is 65.7 Å². The zero-order valence-electron chi connectivity index (χ0n) is 6.06. The third-order valence-electron chi connectivity index (χ3n) is 2.77. The van der Waals surface area contributed by atoms with Gasteiger partial charge < -0.3 is 4.79 Å². The van der Waals surface area contributed by atoms with Crippen LogP contribution >= 0.6 is 0 Å². The summed E-state index contributed by atoms with van der Waals surface area (Å²) in [5.74, 6) is 0.842. The van der Waals surface area contributed by atoms with Crippen LogP contribution in [0.25, 0.3) is 0 Å². The van der Waals surface area contributed by atoms with Crippen LogP contribution < -0.4 is 0 Å². The molecule has 0 amide bonds. The number of rotatable bonds is 2. The van der Waals surface area contributed by atoms with Crippen LogP contribution in [-0.2, 0) is 14.6 Å². The zero-order valence-corrected chi connectivity index (χ0v) is 6.88. The number of carbonyl (C=O) groups is 1. The molecule has 62 valence electrons. The van der Waals surface area contributed by atoms with Crippen LogP contribution in [0.3, 0.4) is 0 Å². The van der Waals surface area contributed by atoms with Gasteiger partial charge in [0.25, 0.3) is 0 Å². The molecule has 0 bridgehead atoms. The number of hydrogen-bond donors (Lipinski definition) is 0. The Balaban J connectivity index is 2.13. The fourth-order valence-corrected chi connectivity index (χ4v) is 4.68. The SMILES string of the molecule is O=CCC1[C@H]2CCS(=O)(=O)[C@@H]12. The summed E-state index contributed by atoms with van der Waals surface area (Å²) in [7, 11) is -2.78. The average Bonchev–Trinajstić information content (AvgIpc) is 2.51. The minimum Gasteiger partial charge on any atom is -0.303 e. The predicted octanol–water partition coefficient (Wildman–Crippen LogP) is 0.00850. The van der Waals surface area contributed by atoms with Gasteiger partial charge in [0.2, 0.25) is 0 Å². The Bertz CT molecular complexity index is 280. The molecule has 1 aliphatic heterocycles. The summed E-state index contributed by atoms with van der Waals surface area (Å²) >= 11 is 0. The maximum Gasteiger partial charge on any atom is 0.153 e. The van der Waals surface area contributed by atoms with E-state index in [4.69, 9.17) is 0 Å². The molecule has 1 saturated carbocycles. The fourth-order valence-electron chi connectivity index (χ4n) is 2.18. The van der Waals surface area contributed by atoms with Gasteiger partial charge in [-0.3, -0.25) is 0 Å². The van der Waals surface area contributed by atoms with Gasteiger partial charge in [0.1, 0.15) is 6.29 Å². The molecule has 1 aliphatic carbocycles. The van der Waals surface area contributed by atoms with Crippen LogP contribution in [0, 0.1) is 11.8 Å². The van der Waals surface area contributed by atoms with E-state index in [9.17, 15) is 13.2 Å². The van der Waals surface area contributed by atoms with E-state index in [0.29, 0.717) is 18.1 Å². The monoisotopic (exact) mass is 174 g/mol. The molecule has 0 N–H and O–H groups in total. The molecular formula is C7H10O3S. The Morgan fingerprint density at radius 1 is 1.45 bits per heavy atom. The molecule has 1 saturated heterocycles. The lowest BCUT2D eigenvalue weighted by atomic mass is 10.2. The second-order valence-corrected chi connectivity index (χ2v) is 5.63. The lowest BCUT2D eigenvalue weighted by Gasteiger charge is -1.97. The van der Waals surface area contributed by atoms with Crippen molar-refractivity contribution in [2.45, 2.75) is 18.1 Å². The molecule has 2 fully saturated rings. The first kappa shape index (κ1) is 7.28. The van der Waals surface area contributed by atoms with Crippen molar-refractivity contribution in [1.29, 1.82) is 0 Å². The van der Waals surface area contributed by atoms with E-state index in [0.717, 1.165) is 12.7 Å². The van der Waals surface area contributed by atoms with E-state index in [2.05, 4.69) is 0 Å². The Hall–Kier alpha value is -0.380. The molecule has 0 aromatic carbocycles. The van der Waals surface area contributed by atoms with Crippen molar-refractivity contribution in [3.05, 3.63) is 0 Å². The third-order valence-corrected chi connectivity index (χ3v) is 5.11. The number of hydrogen-bond acceptors (Lipinski definition) is 3. The van der Waals surface area contributed by atoms with Gasteiger partial charge in [-0.25, -0.2) is 8.42 Å². The first-order chi connectivity index (χ1) is 5.17. The van der Waals surface area contributed by atoms with Gasteiger partial charge in [0.15, 0.2) is 9.84 Å². The van der Waals surface area contributed by atoms with Gasteiger partial charge >= 0.3 is 0 Å². The Kier molecular flexibility index (Phi) is 1.36. The van der Waals surface area contributed by atoms with Crippen molar-refractivity contribution < 1.29 is 13.2 Å². The van der Waals surface area contributed by atoms with E-state index in [1.54, 1.807) is 0 Å². The lowest BCUT2D eigenvalue weighted by Crippen LogP contribution is -2.09. The normalized spacial score (nSPS) is 44.9. The quantitative estimate of drug-likeness (QED) is 0.554. The molecule has 0 aromatic rings. The molecule has 0 aromatic heterocycles. The number of sulfone groups is 1. The van der Waals surface area contributed by atoms with E-state index in [1.165, 1.54) is 0 Å². The zero-order chi connectivity index (χ0) is 8.06. The van der Waals surface area contributed by atoms with Crippen LogP contribution in [-0.4, -0.2) is 25.7 Å². The predicted molar refractivity (Wildman–Crippen MR) is 39.9 cm³/mol. The minimum atomic E-state index is -2.78. The van der Waals surface area contributed by atoms with Crippen molar-refractivity contribution in [2.24, 2.45) is 11.8 Å². The van der Waals surface area contributed by atoms with Gasteiger partial charge in [0.05, 0.1) is 11.0 Å². The lowest BCUT2D eigenvalue weighted by molar-refractivity contribution is -0.108. The third kappa shape index (κ3) is 0.922. The van der Waals surface area contributed by atoms with E-state index < -0.39 is 9.84 Å². The number of carbonyl (C=O) groups excluding carboxylic acids is 1. The van der Waals surface area contributed by atoms with Crippen LogP contribution in [0.5, 0.6) is 0 Å². The van der Waals surface area contributed by atoms with Gasteiger partial charge in [-0.1, -0.05) is 0 Å². The van der Waals surface area contributed by atoms with E-state index in [1.807, 2.05) is 0 Å². The van der Waals surface area contributed by atoms with Crippen molar-refractivity contribution in [3.63, 3.8) is 0 Å². The first-order valence-electron chi connectivity index (χ1n) is 3.82. The highest BCUT2D eigenvalue weighted by molar-refractivity contribution is 7.92. The Morgan fingerprint density at radius 2 is 2.18 bits per heavy atom. The molecule has 2 rings (SSSR count). The average molecular weight is 174 g/mol. The highest BCUT2D eigenvalue weighted by Gasteiger charge is 2.61. The molecule has 1 heterocycles. The second kappa shape index (κ2) is 2.06. The maximum atomic E-state index is 11.2. The summed E-state index contributed by atoms with van der Waals surface area (Å²) in [6.07, 6.45) is 2.05. The molecule has 0 radical (unpaired) electrons. The van der Waals surface area contributed by atoms with Crippen molar-refractivity contribution >= 4 is 16.1 Å². The molecular weight excluding hydrogens is 164 g/mol. The minimum absolute atomic E-state index is 0.146. The topological polar surface area (TPSA) is 51.2 Å². The van der Waals surface area contributed by atoms with E-state index in [-0.39, 0.29) is 11.2 Å². The summed E-state index contributed by atoms with van der Waals surface area (Å²) in [5, 5.41) is -0.146. The molecule has 2 aliphatic rings. The van der Waals surface area contributed by atoms with Crippen molar-refractivity contribution in [2.75, 3.05) is 5.75 Å². The highest BCUT2D eigenvalue weighted by Crippen LogP contribution is 2.53. The van der Waals surface area contributed by atoms with E-state index >= 15 is 0 Å². The van der Waals surface area contributed by atoms with Gasteiger partial charge in [-0.15, -0.1) is 0 Å². The summed E-state index contributed by atoms with van der Waals surface area (Å²) in [5.41, 5.74) is 0. The van der Waals surface area contributed by atoms with Crippen LogP contribution in [0.1, 0.15) is 12.8 Å². The molecule has 11 heavy (non-hydrogen) atoms.